The molecule has 0 amide bonds. The van der Waals surface area contributed by atoms with E-state index in [-0.39, 0.29) is 0 Å². The average molecular weight is 546 g/mol. The summed E-state index contributed by atoms with van der Waals surface area (Å²) in [5, 5.41) is 5.25. The number of aryl methyl sites for hydroxylation is 1. The van der Waals surface area contributed by atoms with Crippen molar-refractivity contribution in [2.45, 2.75) is 38.6 Å². The predicted molar refractivity (Wildman–Crippen MR) is 172 cm³/mol. The number of benzene rings is 4. The average Bonchev–Trinajstić information content (AvgIpc) is 3.52. The van der Waals surface area contributed by atoms with Gasteiger partial charge in [-0.25, -0.2) is 0 Å². The Hall–Kier alpha value is -3.60. The van der Waals surface area contributed by atoms with Gasteiger partial charge in [-0.2, -0.15) is 4.57 Å². The smallest absolute Gasteiger partial charge is 0.263 e. The van der Waals surface area contributed by atoms with E-state index in [1.807, 2.05) is 23.1 Å². The Morgan fingerprint density at radius 2 is 1.64 bits per heavy atom. The van der Waals surface area contributed by atoms with Gasteiger partial charge in [0.05, 0.1) is 16.1 Å². The molecule has 0 spiro atoms. The van der Waals surface area contributed by atoms with Crippen LogP contribution in [-0.4, -0.2) is 6.54 Å². The van der Waals surface area contributed by atoms with Crippen molar-refractivity contribution in [2.75, 3.05) is 11.4 Å². The van der Waals surface area contributed by atoms with E-state index >= 15 is 0 Å². The Bertz CT molecular complexity index is 1740. The van der Waals surface area contributed by atoms with E-state index < -0.39 is 0 Å². The standard InChI is InChI=1S/C35H33N2S2/c1-4-25(24-34-37(6-3)35-29-15-11-10-14-28(29)19-21-31(35)38-34)23-33-36(5-2)30-20-18-27(22-32(30)39-33)17-16-26-12-8-7-9-13-26/h7-24H,4-6H2,1-3H3/q+1. The van der Waals surface area contributed by atoms with Gasteiger partial charge in [0, 0.05) is 17.5 Å². The maximum absolute atomic E-state index is 2.48. The molecular weight excluding hydrogens is 513 g/mol. The van der Waals surface area contributed by atoms with Crippen LogP contribution in [0.2, 0.25) is 0 Å². The lowest BCUT2D eigenvalue weighted by molar-refractivity contribution is -0.664. The van der Waals surface area contributed by atoms with Gasteiger partial charge in [0.15, 0.2) is 0 Å². The third-order valence-corrected chi connectivity index (χ3v) is 9.49. The quantitative estimate of drug-likeness (QED) is 0.148. The molecule has 39 heavy (non-hydrogen) atoms. The SMILES string of the molecule is CCC(=Cc1sc2ccc3ccccc3c2[n+]1CC)C=C1Sc2cc(C=Cc3ccccc3)ccc2N1CC. The van der Waals surface area contributed by atoms with Gasteiger partial charge < -0.3 is 4.90 Å². The maximum atomic E-state index is 2.48. The van der Waals surface area contributed by atoms with Gasteiger partial charge in [0.1, 0.15) is 11.2 Å². The molecule has 0 atom stereocenters. The van der Waals surface area contributed by atoms with Crippen molar-refractivity contribution in [3.8, 4) is 0 Å². The molecule has 0 saturated carbocycles. The van der Waals surface area contributed by atoms with Gasteiger partial charge in [-0.05, 0) is 72.7 Å². The molecule has 0 fully saturated rings. The van der Waals surface area contributed by atoms with Gasteiger partial charge in [-0.3, -0.25) is 0 Å². The van der Waals surface area contributed by atoms with Gasteiger partial charge in [-0.1, -0.05) is 103 Å². The molecule has 4 heteroatoms. The van der Waals surface area contributed by atoms with Crippen molar-refractivity contribution in [3.63, 3.8) is 0 Å². The largest absolute Gasteiger partial charge is 0.335 e. The van der Waals surface area contributed by atoms with Crippen LogP contribution in [0, 0.1) is 0 Å². The van der Waals surface area contributed by atoms with E-state index in [1.54, 1.807) is 0 Å². The van der Waals surface area contributed by atoms with Crippen LogP contribution in [0.4, 0.5) is 5.69 Å². The van der Waals surface area contributed by atoms with Crippen molar-refractivity contribution in [3.05, 3.63) is 118 Å². The number of allylic oxidation sites excluding steroid dienone is 2. The molecule has 0 bridgehead atoms. The van der Waals surface area contributed by atoms with Crippen LogP contribution >= 0.6 is 23.1 Å². The minimum Gasteiger partial charge on any atom is -0.335 e. The van der Waals surface area contributed by atoms with Crippen LogP contribution in [0.3, 0.4) is 0 Å². The Balaban J connectivity index is 1.34. The minimum absolute atomic E-state index is 0.950. The van der Waals surface area contributed by atoms with E-state index in [0.29, 0.717) is 0 Å². The highest BCUT2D eigenvalue weighted by molar-refractivity contribution is 8.03. The second-order valence-corrected chi connectivity index (χ2v) is 11.8. The van der Waals surface area contributed by atoms with Gasteiger partial charge in [0.2, 0.25) is 5.52 Å². The summed E-state index contributed by atoms with van der Waals surface area (Å²) in [5.41, 5.74) is 6.46. The molecule has 4 aromatic carbocycles. The molecule has 0 saturated heterocycles. The first kappa shape index (κ1) is 25.7. The number of aromatic nitrogens is 1. The number of fused-ring (bicyclic) bond motifs is 4. The first-order valence-electron chi connectivity index (χ1n) is 13.8. The van der Waals surface area contributed by atoms with Gasteiger partial charge in [-0.15, -0.1) is 0 Å². The summed E-state index contributed by atoms with van der Waals surface area (Å²) in [6, 6.07) is 30.6. The molecule has 1 aromatic heterocycles. The van der Waals surface area contributed by atoms with Crippen molar-refractivity contribution >= 4 is 68.0 Å². The second-order valence-electron chi connectivity index (χ2n) is 9.69. The summed E-state index contributed by atoms with van der Waals surface area (Å²) in [7, 11) is 0. The van der Waals surface area contributed by atoms with Crippen LogP contribution in [0.5, 0.6) is 0 Å². The van der Waals surface area contributed by atoms with Crippen molar-refractivity contribution in [2.24, 2.45) is 0 Å². The van der Waals surface area contributed by atoms with E-state index in [0.717, 1.165) is 19.5 Å². The first-order chi connectivity index (χ1) is 19.2. The second kappa shape index (κ2) is 11.3. The number of anilines is 1. The van der Waals surface area contributed by atoms with E-state index in [1.165, 1.54) is 58.3 Å². The lowest BCUT2D eigenvalue weighted by Gasteiger charge is -2.18. The Morgan fingerprint density at radius 1 is 0.846 bits per heavy atom. The zero-order chi connectivity index (χ0) is 26.8. The fraction of sp³-hybridized carbons (Fsp3) is 0.171. The number of hydrogen-bond donors (Lipinski definition) is 0. The molecule has 2 heterocycles. The Morgan fingerprint density at radius 3 is 2.44 bits per heavy atom. The molecule has 1 aliphatic heterocycles. The zero-order valence-electron chi connectivity index (χ0n) is 22.7. The molecule has 0 radical (unpaired) electrons. The number of thioether (sulfide) groups is 1. The summed E-state index contributed by atoms with van der Waals surface area (Å²) >= 11 is 3.78. The highest BCUT2D eigenvalue weighted by Gasteiger charge is 2.25. The highest BCUT2D eigenvalue weighted by atomic mass is 32.2. The summed E-state index contributed by atoms with van der Waals surface area (Å²) < 4.78 is 3.83. The minimum atomic E-state index is 0.950. The molecule has 0 N–H and O–H groups in total. The molecule has 5 aromatic rings. The predicted octanol–water partition coefficient (Wildman–Crippen LogP) is 9.80. The Labute approximate surface area is 239 Å². The van der Waals surface area contributed by atoms with E-state index in [4.69, 9.17) is 0 Å². The van der Waals surface area contributed by atoms with Crippen LogP contribution < -0.4 is 9.47 Å². The first-order valence-corrected chi connectivity index (χ1v) is 15.4. The van der Waals surface area contributed by atoms with Crippen molar-refractivity contribution < 1.29 is 4.57 Å². The molecule has 6 rings (SSSR count). The van der Waals surface area contributed by atoms with Crippen LogP contribution in [-0.2, 0) is 6.54 Å². The van der Waals surface area contributed by atoms with Crippen molar-refractivity contribution in [1.82, 2.24) is 0 Å². The van der Waals surface area contributed by atoms with Crippen LogP contribution in [0.1, 0.15) is 43.3 Å². The zero-order valence-corrected chi connectivity index (χ0v) is 24.4. The van der Waals surface area contributed by atoms with Gasteiger partial charge in [0.25, 0.3) is 5.01 Å². The fourth-order valence-electron chi connectivity index (χ4n) is 5.27. The molecule has 1 aliphatic rings. The number of hydrogen-bond acceptors (Lipinski definition) is 3. The van der Waals surface area contributed by atoms with Crippen LogP contribution in [0.15, 0.2) is 107 Å². The molecule has 2 nitrogen and oxygen atoms in total. The molecule has 0 aliphatic carbocycles. The monoisotopic (exact) mass is 545 g/mol. The Kier molecular flexibility index (Phi) is 7.40. The molecule has 0 unspecified atom stereocenters. The van der Waals surface area contributed by atoms with E-state index in [2.05, 4.69) is 139 Å². The summed E-state index contributed by atoms with van der Waals surface area (Å²) in [6.07, 6.45) is 10.2. The van der Waals surface area contributed by atoms with E-state index in [9.17, 15) is 0 Å². The van der Waals surface area contributed by atoms with Crippen LogP contribution in [0.25, 0.3) is 39.2 Å². The number of nitrogens with zero attached hydrogens (tertiary/aromatic N) is 2. The lowest BCUT2D eigenvalue weighted by atomic mass is 10.1. The topological polar surface area (TPSA) is 7.12 Å². The molecular formula is C35H33N2S2+. The van der Waals surface area contributed by atoms with Gasteiger partial charge >= 0.3 is 0 Å². The normalized spacial score (nSPS) is 14.8. The number of thiazole rings is 1. The third kappa shape index (κ3) is 5.07. The summed E-state index contributed by atoms with van der Waals surface area (Å²) in [5.74, 6) is 0. The fourth-order valence-corrected chi connectivity index (χ4v) is 7.74. The van der Waals surface area contributed by atoms with Crippen molar-refractivity contribution in [1.29, 1.82) is 0 Å². The summed E-state index contributed by atoms with van der Waals surface area (Å²) in [6.45, 7) is 8.66. The maximum Gasteiger partial charge on any atom is 0.263 e. The number of rotatable bonds is 7. The lowest BCUT2D eigenvalue weighted by Crippen LogP contribution is -2.33. The third-order valence-electron chi connectivity index (χ3n) is 7.30. The molecule has 194 valence electrons. The highest BCUT2D eigenvalue weighted by Crippen LogP contribution is 2.47. The summed E-state index contributed by atoms with van der Waals surface area (Å²) in [4.78, 5) is 3.77.